The third-order valence-electron chi connectivity index (χ3n) is 3.54. The van der Waals surface area contributed by atoms with Crippen LogP contribution in [0.2, 0.25) is 0 Å². The molecule has 3 rings (SSSR count). The average molecular weight is 286 g/mol. The van der Waals surface area contributed by atoms with Crippen molar-refractivity contribution in [2.75, 3.05) is 0 Å². The molecule has 0 aromatic heterocycles. The minimum absolute atomic E-state index is 0.0862. The van der Waals surface area contributed by atoms with Gasteiger partial charge in [-0.25, -0.2) is 16.8 Å². The van der Waals surface area contributed by atoms with Crippen LogP contribution in [-0.2, 0) is 20.0 Å². The maximum Gasteiger partial charge on any atom is 0.114 e. The highest BCUT2D eigenvalue weighted by atomic mass is 32.3. The van der Waals surface area contributed by atoms with Gasteiger partial charge >= 0.3 is 0 Å². The lowest BCUT2D eigenvalue weighted by molar-refractivity contribution is 0.597. The predicted molar refractivity (Wildman–Crippen MR) is 65.4 cm³/mol. The Bertz CT molecular complexity index is 701. The van der Waals surface area contributed by atoms with E-state index >= 15 is 0 Å². The number of sulfonamides is 2. The largest absolute Gasteiger partial charge is 0.428 e. The molecule has 0 radical (unpaired) electrons. The fraction of sp³-hybridized carbons (Fsp3) is 0.455. The van der Waals surface area contributed by atoms with Gasteiger partial charge in [-0.15, -0.1) is 0 Å². The fourth-order valence-electron chi connectivity index (χ4n) is 2.78. The van der Waals surface area contributed by atoms with Crippen molar-refractivity contribution in [2.45, 2.75) is 41.4 Å². The zero-order valence-corrected chi connectivity index (χ0v) is 11.2. The second-order valence-electron chi connectivity index (χ2n) is 4.68. The van der Waals surface area contributed by atoms with Gasteiger partial charge in [0, 0.05) is 0 Å². The molecule has 0 N–H and O–H groups in total. The fourth-order valence-corrected chi connectivity index (χ4v) is 6.52. The normalized spacial score (nSPS) is 25.1. The number of nitrogens with zero attached hydrogens (tertiary/aromatic N) is 1. The van der Waals surface area contributed by atoms with Crippen LogP contribution in [0.25, 0.3) is 4.13 Å². The minimum atomic E-state index is -4.04. The highest BCUT2D eigenvalue weighted by Crippen LogP contribution is 2.45. The highest BCUT2D eigenvalue weighted by molar-refractivity contribution is 8.14. The molecule has 1 aliphatic heterocycles. The molecule has 0 amide bonds. The average Bonchev–Trinajstić information content (AvgIpc) is 2.85. The molecule has 1 fully saturated rings. The van der Waals surface area contributed by atoms with Gasteiger partial charge in [0.2, 0.25) is 0 Å². The van der Waals surface area contributed by atoms with Crippen molar-refractivity contribution in [1.82, 2.24) is 0 Å². The molecule has 1 heterocycles. The lowest BCUT2D eigenvalue weighted by atomic mass is 9.98. The molecule has 5 nitrogen and oxygen atoms in total. The van der Waals surface area contributed by atoms with E-state index in [0.29, 0.717) is 5.56 Å². The smallest absolute Gasteiger partial charge is 0.114 e. The van der Waals surface area contributed by atoms with Crippen molar-refractivity contribution in [1.29, 1.82) is 0 Å². The minimum Gasteiger partial charge on any atom is -0.428 e. The molecule has 0 saturated heterocycles. The molecule has 0 bridgehead atoms. The van der Waals surface area contributed by atoms with Crippen LogP contribution in [0.1, 0.15) is 37.2 Å². The van der Waals surface area contributed by atoms with Crippen molar-refractivity contribution >= 4 is 20.0 Å². The van der Waals surface area contributed by atoms with Gasteiger partial charge in [-0.3, -0.25) is 0 Å². The summed E-state index contributed by atoms with van der Waals surface area (Å²) in [7, 11) is -8.07. The summed E-state index contributed by atoms with van der Waals surface area (Å²) in [6, 6.07) is 4.63. The summed E-state index contributed by atoms with van der Waals surface area (Å²) in [5.41, 5.74) is 0.620. The third kappa shape index (κ3) is 1.69. The lowest BCUT2D eigenvalue weighted by Gasteiger charge is -2.14. The van der Waals surface area contributed by atoms with Crippen molar-refractivity contribution in [3.05, 3.63) is 27.9 Å². The number of benzene rings is 1. The van der Waals surface area contributed by atoms with E-state index in [2.05, 4.69) is 4.13 Å². The predicted octanol–water partition coefficient (Wildman–Crippen LogP) is 2.11. The van der Waals surface area contributed by atoms with Gasteiger partial charge in [0.15, 0.2) is 0 Å². The van der Waals surface area contributed by atoms with Crippen LogP contribution in [0, 0.1) is 0 Å². The Morgan fingerprint density at radius 3 is 2.33 bits per heavy atom. The van der Waals surface area contributed by atoms with Crippen LogP contribution >= 0.6 is 0 Å². The van der Waals surface area contributed by atoms with E-state index < -0.39 is 20.0 Å². The van der Waals surface area contributed by atoms with E-state index in [1.165, 1.54) is 6.07 Å². The van der Waals surface area contributed by atoms with E-state index in [4.69, 9.17) is 0 Å². The molecule has 0 spiro atoms. The van der Waals surface area contributed by atoms with E-state index in [-0.39, 0.29) is 15.7 Å². The Kier molecular flexibility index (Phi) is 2.55. The summed E-state index contributed by atoms with van der Waals surface area (Å²) in [5, 5.41) is 0. The molecule has 1 aliphatic carbocycles. The zero-order chi connectivity index (χ0) is 13.0. The highest BCUT2D eigenvalue weighted by Gasteiger charge is 2.33. The Hall–Kier alpha value is -0.920. The molecule has 0 unspecified atom stereocenters. The summed E-state index contributed by atoms with van der Waals surface area (Å²) in [4.78, 5) is -0.246. The van der Waals surface area contributed by atoms with E-state index in [1.807, 2.05) is 0 Å². The zero-order valence-electron chi connectivity index (χ0n) is 9.53. The monoisotopic (exact) mass is 286 g/mol. The maximum atomic E-state index is 11.9. The van der Waals surface area contributed by atoms with Gasteiger partial charge in [-0.05, 0) is 30.4 Å². The summed E-state index contributed by atoms with van der Waals surface area (Å²) in [5.74, 6) is 0.137. The maximum absolute atomic E-state index is 11.9. The lowest BCUT2D eigenvalue weighted by Crippen LogP contribution is -2.02. The summed E-state index contributed by atoms with van der Waals surface area (Å²) in [6.45, 7) is 0. The molecule has 18 heavy (non-hydrogen) atoms. The molecular weight excluding hydrogens is 274 g/mol. The standard InChI is InChI=1S/C11H12NO4S2/c13-17(14)10-7-3-6-9(8-4-1-2-5-8)11(10)18(15,16)12-17/h3,6-8H,1-2,4-5H2/q-1. The first-order chi connectivity index (χ1) is 8.42. The molecule has 2 aliphatic rings. The van der Waals surface area contributed by atoms with Crippen LogP contribution in [0.3, 0.4) is 0 Å². The molecule has 1 saturated carbocycles. The molecule has 7 heteroatoms. The van der Waals surface area contributed by atoms with Gasteiger partial charge < -0.3 is 4.13 Å². The van der Waals surface area contributed by atoms with Crippen molar-refractivity contribution in [3.63, 3.8) is 0 Å². The Morgan fingerprint density at radius 1 is 1.00 bits per heavy atom. The van der Waals surface area contributed by atoms with Gasteiger partial charge in [0.1, 0.15) is 20.0 Å². The second-order valence-corrected chi connectivity index (χ2v) is 8.03. The quantitative estimate of drug-likeness (QED) is 0.791. The number of fused-ring (bicyclic) bond motifs is 1. The van der Waals surface area contributed by atoms with Crippen LogP contribution in [0.5, 0.6) is 0 Å². The van der Waals surface area contributed by atoms with Crippen LogP contribution in [0.15, 0.2) is 28.0 Å². The van der Waals surface area contributed by atoms with E-state index in [1.54, 1.807) is 12.1 Å². The first kappa shape index (κ1) is 12.1. The second kappa shape index (κ2) is 3.79. The summed E-state index contributed by atoms with van der Waals surface area (Å²) < 4.78 is 50.2. The number of rotatable bonds is 1. The summed E-state index contributed by atoms with van der Waals surface area (Å²) in [6.07, 6.45) is 3.93. The van der Waals surface area contributed by atoms with E-state index in [0.717, 1.165) is 25.7 Å². The molecular formula is C11H12NO4S2-. The van der Waals surface area contributed by atoms with Crippen LogP contribution in [-0.4, -0.2) is 16.8 Å². The number of hydrogen-bond donors (Lipinski definition) is 0. The van der Waals surface area contributed by atoms with E-state index in [9.17, 15) is 16.8 Å². The first-order valence-electron chi connectivity index (χ1n) is 5.79. The Balaban J connectivity index is 2.29. The molecule has 1 aromatic carbocycles. The third-order valence-corrected chi connectivity index (χ3v) is 7.10. The van der Waals surface area contributed by atoms with Gasteiger partial charge in [0.25, 0.3) is 0 Å². The molecule has 1 aromatic rings. The van der Waals surface area contributed by atoms with Gasteiger partial charge in [-0.1, -0.05) is 25.0 Å². The van der Waals surface area contributed by atoms with Crippen LogP contribution < -0.4 is 0 Å². The Morgan fingerprint density at radius 2 is 1.67 bits per heavy atom. The van der Waals surface area contributed by atoms with Crippen LogP contribution in [0.4, 0.5) is 0 Å². The first-order valence-corrected chi connectivity index (χ1v) is 8.67. The van der Waals surface area contributed by atoms with Gasteiger partial charge in [0.05, 0.1) is 9.79 Å². The number of hydrogen-bond acceptors (Lipinski definition) is 4. The SMILES string of the molecule is O=S1(=O)[N-]S(=O)(=O)c2c(C3CCCC3)cccc21. The van der Waals surface area contributed by atoms with Gasteiger partial charge in [-0.2, -0.15) is 0 Å². The Labute approximate surface area is 106 Å². The molecule has 98 valence electrons. The molecule has 0 atom stereocenters. The topological polar surface area (TPSA) is 82.4 Å². The van der Waals surface area contributed by atoms with Crippen molar-refractivity contribution in [2.24, 2.45) is 0 Å². The van der Waals surface area contributed by atoms with Crippen molar-refractivity contribution in [3.8, 4) is 0 Å². The van der Waals surface area contributed by atoms with Crippen molar-refractivity contribution < 1.29 is 16.8 Å². The summed E-state index contributed by atoms with van der Waals surface area (Å²) >= 11 is 0.